The molecular weight excluding hydrogens is 2970 g/mol. The summed E-state index contributed by atoms with van der Waals surface area (Å²) in [5.41, 5.74) is 0. The summed E-state index contributed by atoms with van der Waals surface area (Å²) >= 11 is 0. The quantitative estimate of drug-likeness (QED) is 0.127. The summed E-state index contributed by atoms with van der Waals surface area (Å²) in [5.74, 6) is 0. The fourth-order valence-electron chi connectivity index (χ4n) is 0. The van der Waals surface area contributed by atoms with Gasteiger partial charge in [0, 0.05) is 253 Å². The topological polar surface area (TPSA) is 1410 Å². The van der Waals surface area contributed by atoms with Crippen molar-refractivity contribution in [2.45, 2.75) is 0 Å². The van der Waals surface area contributed by atoms with Crippen LogP contribution in [0.3, 0.4) is 0 Å². The maximum atomic E-state index is 8.88. The van der Waals surface area contributed by atoms with E-state index in [1.807, 2.05) is 0 Å². The van der Waals surface area contributed by atoms with Crippen LogP contribution in [0.25, 0.3) is 0 Å². The van der Waals surface area contributed by atoms with E-state index in [4.69, 9.17) is 19.2 Å². The van der Waals surface area contributed by atoms with Crippen molar-refractivity contribution in [2.24, 2.45) is 0 Å². The van der Waals surface area contributed by atoms with Crippen LogP contribution in [0.2, 0.25) is 0 Å². The molecular formula is H90N3O43PW12. The summed E-state index contributed by atoms with van der Waals surface area (Å²) in [7, 11) is -4.64. The third kappa shape index (κ3) is 5680. The Hall–Kier alpha value is 6.69. The number of hydrogen-bond acceptors (Lipinski definition) is 4. The first-order chi connectivity index (χ1) is 2.00. The second-order valence-corrected chi connectivity index (χ2v) is 1.54. The van der Waals surface area contributed by atoms with E-state index >= 15 is 0 Å². The van der Waals surface area contributed by atoms with Gasteiger partial charge < -0.3 is 247 Å². The van der Waals surface area contributed by atoms with Gasteiger partial charge in [0.1, 0.15) is 0 Å². The van der Waals surface area contributed by atoms with Gasteiger partial charge in [-0.3, -0.25) is 0 Å². The predicted molar refractivity (Wildman–Crippen MR) is 170 cm³/mol. The van der Waals surface area contributed by atoms with Crippen LogP contribution in [-0.4, -0.2) is 228 Å². The molecule has 59 heavy (non-hydrogen) atoms. The largest absolute Gasteiger partial charge is 0.466 e. The summed E-state index contributed by atoms with van der Waals surface area (Å²) < 4.78 is 8.88. The van der Waals surface area contributed by atoms with Gasteiger partial charge >= 0.3 is 7.82 Å². The molecule has 0 heterocycles. The summed E-state index contributed by atoms with van der Waals surface area (Å²) in [6.07, 6.45) is 0. The summed E-state index contributed by atoms with van der Waals surface area (Å²) in [6, 6.07) is 0. The number of phosphoric acid groups is 1. The number of rotatable bonds is 0. The third-order valence-corrected chi connectivity index (χ3v) is 0. The van der Waals surface area contributed by atoms with Crippen LogP contribution in [0.15, 0.2) is 0 Å². The molecule has 0 aromatic rings. The molecule has 0 spiro atoms. The molecule has 0 amide bonds. The SMILES string of the molecule is N.N.N.O.O.O.O.O.O.O.O.O.O.O.O.O.O.O.O.O.O.O.O.O.O.O.O.O.O.O.O.O.O.O.O.O.O.O.O.O.O.O.O=P(O)(O)O.[W].[W].[W].[W].[W].[W].[W].[W].[W].[W].[W].[W]. The Kier molecular flexibility index (Phi) is 66400. The van der Waals surface area contributed by atoms with Crippen LogP contribution in [-0.2, 0) is 257 Å². The third-order valence-electron chi connectivity index (χ3n) is 0. The van der Waals surface area contributed by atoms with Crippen molar-refractivity contribution < 1.29 is 486 Å². The summed E-state index contributed by atoms with van der Waals surface area (Å²) in [4.78, 5) is 21.6. The fraction of sp³-hybridized carbons (Fsp3) is 0. The smallest absolute Gasteiger partial charge is 0.412 e. The Bertz CT molecular complexity index is 112. The molecule has 59 heteroatoms. The van der Waals surface area contributed by atoms with Gasteiger partial charge in [-0.15, -0.1) is 0 Å². The second-order valence-electron chi connectivity index (χ2n) is 0.513. The van der Waals surface area contributed by atoms with Gasteiger partial charge in [-0.05, 0) is 0 Å². The standard InChI is InChI=1S/3H3N.H3O4P.39H2O.12W/c;;;1-5(2,3)4;;;;;;;;;;;;;;;;;;;;;;;;;;;;;;;;;;;;;;;;;;;;;;;;;;;/h3*1H3;(H3,1,2,3,4);39*1H2;;;;;;;;;;;;. The van der Waals surface area contributed by atoms with Crippen LogP contribution in [0, 0.1) is 0 Å². The van der Waals surface area contributed by atoms with Gasteiger partial charge in [-0.1, -0.05) is 0 Å². The van der Waals surface area contributed by atoms with E-state index in [1.54, 1.807) is 0 Å². The van der Waals surface area contributed by atoms with Crippen LogP contribution in [0.5, 0.6) is 0 Å². The van der Waals surface area contributed by atoms with Crippen molar-refractivity contribution in [1.82, 2.24) is 18.5 Å². The molecule has 440 valence electrons. The number of hydrogen-bond donors (Lipinski definition) is 6. The molecule has 46 nitrogen and oxygen atoms in total. The molecule has 0 unspecified atom stereocenters. The molecule has 0 aliphatic carbocycles. The zero-order chi connectivity index (χ0) is 4.50. The maximum Gasteiger partial charge on any atom is 0.466 e. The van der Waals surface area contributed by atoms with Crippen LogP contribution < -0.4 is 18.5 Å². The van der Waals surface area contributed by atoms with Crippen molar-refractivity contribution in [3.8, 4) is 0 Å². The van der Waals surface area contributed by atoms with E-state index in [-0.39, 0.29) is 485 Å². The first kappa shape index (κ1) is 2410. The minimum atomic E-state index is -4.64. The van der Waals surface area contributed by atoms with Crippen molar-refractivity contribution in [2.75, 3.05) is 0 Å². The summed E-state index contributed by atoms with van der Waals surface area (Å²) in [6.45, 7) is 0. The van der Waals surface area contributed by atoms with Crippen LogP contribution >= 0.6 is 7.82 Å². The molecule has 0 radical (unpaired) electrons. The van der Waals surface area contributed by atoms with Gasteiger partial charge in [0.15, 0.2) is 0 Å². The minimum Gasteiger partial charge on any atom is -0.412 e. The van der Waals surface area contributed by atoms with E-state index in [0.717, 1.165) is 0 Å². The van der Waals surface area contributed by atoms with E-state index in [9.17, 15) is 0 Å². The zero-order valence-electron chi connectivity index (χ0n) is 28.7. The molecule has 0 aromatic carbocycles. The molecule has 90 N–H and O–H groups in total. The summed E-state index contributed by atoms with van der Waals surface area (Å²) in [5, 5.41) is 0. The minimum absolute atomic E-state index is 0. The van der Waals surface area contributed by atoms with Crippen molar-refractivity contribution in [3.05, 3.63) is 0 Å². The maximum absolute atomic E-state index is 8.88. The van der Waals surface area contributed by atoms with E-state index < -0.39 is 7.82 Å². The molecule has 0 bridgehead atoms. The Morgan fingerprint density at radius 2 is 0.153 bits per heavy atom. The van der Waals surface area contributed by atoms with Gasteiger partial charge in [0.25, 0.3) is 0 Å². The zero-order valence-corrected chi connectivity index (χ0v) is 64.8. The van der Waals surface area contributed by atoms with E-state index in [0.29, 0.717) is 0 Å². The average Bonchev–Trinajstić information content (AvgIpc) is 0.722. The fourth-order valence-corrected chi connectivity index (χ4v) is 0. The first-order valence-electron chi connectivity index (χ1n) is 0.783. The molecule has 0 aliphatic heterocycles. The van der Waals surface area contributed by atoms with Gasteiger partial charge in [0.2, 0.25) is 0 Å². The molecule has 0 atom stereocenters. The van der Waals surface area contributed by atoms with E-state index in [1.165, 1.54) is 0 Å². The second kappa shape index (κ2) is 1630. The molecule has 0 saturated carbocycles. The van der Waals surface area contributed by atoms with E-state index in [2.05, 4.69) is 0 Å². The molecule has 0 saturated heterocycles. The molecule has 0 fully saturated rings. The van der Waals surface area contributed by atoms with Crippen molar-refractivity contribution in [1.29, 1.82) is 0 Å². The van der Waals surface area contributed by atoms with Crippen LogP contribution in [0.1, 0.15) is 0 Å². The van der Waals surface area contributed by atoms with Gasteiger partial charge in [-0.25, -0.2) is 4.57 Å². The van der Waals surface area contributed by atoms with Crippen LogP contribution in [0.4, 0.5) is 0 Å². The first-order valence-corrected chi connectivity index (χ1v) is 2.35. The molecule has 0 aromatic heterocycles. The Balaban J connectivity index is -0.0000000000559. The van der Waals surface area contributed by atoms with Crippen molar-refractivity contribution >= 4 is 7.82 Å². The molecule has 0 rings (SSSR count). The monoisotopic (exact) mass is 3060 g/mol. The van der Waals surface area contributed by atoms with Crippen molar-refractivity contribution in [3.63, 3.8) is 0 Å². The normalized spacial score (nSPS) is 1.00. The Labute approximate surface area is 505 Å². The van der Waals surface area contributed by atoms with Gasteiger partial charge in [0.05, 0.1) is 0 Å². The Morgan fingerprint density at radius 3 is 0.153 bits per heavy atom. The molecule has 0 aliphatic rings. The Morgan fingerprint density at radius 1 is 0.153 bits per heavy atom. The van der Waals surface area contributed by atoms with Gasteiger partial charge in [-0.2, -0.15) is 0 Å². The average molecular weight is 3060 g/mol. The predicted octanol–water partition coefficient (Wildman–Crippen LogP) is -32.6.